The van der Waals surface area contributed by atoms with E-state index < -0.39 is 16.1 Å². The van der Waals surface area contributed by atoms with Crippen molar-refractivity contribution < 1.29 is 13.2 Å². The molecule has 0 radical (unpaired) electrons. The smallest absolute Gasteiger partial charge is 0.326 e. The maximum Gasteiger partial charge on any atom is 0.326 e. The quantitative estimate of drug-likeness (QED) is 0.581. The molecular formula is C6H11N5O3S. The Kier molecular flexibility index (Phi) is 2.58. The minimum absolute atomic E-state index is 0.177. The molecule has 0 spiro atoms. The van der Waals surface area contributed by atoms with E-state index in [2.05, 4.69) is 5.10 Å². The molecule has 1 aromatic rings. The molecule has 84 valence electrons. The number of sulfonamides is 1. The molecule has 1 rings (SSSR count). The summed E-state index contributed by atoms with van der Waals surface area (Å²) >= 11 is 0. The molecule has 9 heteroatoms. The fraction of sp³-hybridized carbons (Fsp3) is 0.333. The van der Waals surface area contributed by atoms with Crippen LogP contribution in [-0.2, 0) is 17.1 Å². The molecule has 1 aromatic heterocycles. The lowest BCUT2D eigenvalue weighted by molar-refractivity contribution is 0.253. The van der Waals surface area contributed by atoms with Crippen LogP contribution in [0.3, 0.4) is 0 Å². The van der Waals surface area contributed by atoms with Gasteiger partial charge in [-0.05, 0) is 6.92 Å². The maximum atomic E-state index is 11.6. The van der Waals surface area contributed by atoms with Gasteiger partial charge in [-0.15, -0.1) is 0 Å². The molecule has 5 N–H and O–H groups in total. The number of carbonyl (C=O) groups excluding carboxylic acids is 1. The highest BCUT2D eigenvalue weighted by molar-refractivity contribution is 7.90. The average Bonchev–Trinajstić information content (AvgIpc) is 2.23. The maximum absolute atomic E-state index is 11.6. The van der Waals surface area contributed by atoms with Gasteiger partial charge in [0.2, 0.25) is 0 Å². The van der Waals surface area contributed by atoms with Crippen LogP contribution in [0.15, 0.2) is 4.90 Å². The number of nitrogen functional groups attached to an aromatic ring is 1. The molecule has 0 unspecified atom stereocenters. The van der Waals surface area contributed by atoms with Crippen LogP contribution in [0.2, 0.25) is 0 Å². The standard InChI is InChI=1S/C6H11N5O3S/c1-3-4(5(7)9-11(3)2)15(13,14)10-6(8)12/h1-2H3,(H2,7,9)(H3,8,10,12). The van der Waals surface area contributed by atoms with Gasteiger partial charge in [0.1, 0.15) is 0 Å². The number of amides is 2. The predicted molar refractivity (Wildman–Crippen MR) is 52.3 cm³/mol. The molecule has 15 heavy (non-hydrogen) atoms. The van der Waals surface area contributed by atoms with E-state index in [4.69, 9.17) is 11.5 Å². The van der Waals surface area contributed by atoms with Gasteiger partial charge in [-0.3, -0.25) is 4.68 Å². The van der Waals surface area contributed by atoms with Crippen molar-refractivity contribution >= 4 is 21.9 Å². The molecule has 0 aliphatic heterocycles. The second-order valence-electron chi connectivity index (χ2n) is 2.89. The third-order valence-corrected chi connectivity index (χ3v) is 3.32. The second kappa shape index (κ2) is 3.42. The molecule has 1 heterocycles. The highest BCUT2D eigenvalue weighted by atomic mass is 32.2. The van der Waals surface area contributed by atoms with Crippen molar-refractivity contribution in [3.63, 3.8) is 0 Å². The van der Waals surface area contributed by atoms with Gasteiger partial charge in [-0.25, -0.2) is 17.9 Å². The Bertz CT molecular complexity index is 503. The number of rotatable bonds is 2. The van der Waals surface area contributed by atoms with Gasteiger partial charge >= 0.3 is 6.03 Å². The minimum Gasteiger partial charge on any atom is -0.381 e. The lowest BCUT2D eigenvalue weighted by Crippen LogP contribution is -2.35. The molecule has 0 bridgehead atoms. The van der Waals surface area contributed by atoms with Crippen LogP contribution in [0.1, 0.15) is 5.69 Å². The summed E-state index contributed by atoms with van der Waals surface area (Å²) in [6, 6.07) is -1.17. The van der Waals surface area contributed by atoms with Crippen LogP contribution in [0.25, 0.3) is 0 Å². The van der Waals surface area contributed by atoms with Gasteiger partial charge < -0.3 is 11.5 Å². The first-order valence-electron chi connectivity index (χ1n) is 3.87. The van der Waals surface area contributed by atoms with Crippen LogP contribution >= 0.6 is 0 Å². The highest BCUT2D eigenvalue weighted by Crippen LogP contribution is 2.20. The average molecular weight is 233 g/mol. The first-order chi connectivity index (χ1) is 6.75. The van der Waals surface area contributed by atoms with Crippen molar-refractivity contribution in [3.8, 4) is 0 Å². The first kappa shape index (κ1) is 11.3. The van der Waals surface area contributed by atoms with E-state index in [0.29, 0.717) is 5.69 Å². The zero-order valence-corrected chi connectivity index (χ0v) is 9.00. The van der Waals surface area contributed by atoms with Crippen molar-refractivity contribution in [1.29, 1.82) is 0 Å². The molecule has 8 nitrogen and oxygen atoms in total. The van der Waals surface area contributed by atoms with Gasteiger partial charge in [-0.2, -0.15) is 5.10 Å². The topological polar surface area (TPSA) is 133 Å². The van der Waals surface area contributed by atoms with E-state index in [1.54, 1.807) is 4.72 Å². The van der Waals surface area contributed by atoms with E-state index in [9.17, 15) is 13.2 Å². The van der Waals surface area contributed by atoms with E-state index in [-0.39, 0.29) is 10.7 Å². The van der Waals surface area contributed by atoms with E-state index >= 15 is 0 Å². The Hall–Kier alpha value is -1.77. The Balaban J connectivity index is 3.33. The molecule has 0 saturated heterocycles. The van der Waals surface area contributed by atoms with Gasteiger partial charge in [0.15, 0.2) is 10.7 Å². The number of nitrogens with two attached hydrogens (primary N) is 2. The fourth-order valence-electron chi connectivity index (χ4n) is 1.13. The summed E-state index contributed by atoms with van der Waals surface area (Å²) in [5.74, 6) is -0.177. The molecule has 0 aromatic carbocycles. The summed E-state index contributed by atoms with van der Waals surface area (Å²) in [5.41, 5.74) is 10.4. The van der Waals surface area contributed by atoms with Crippen LogP contribution < -0.4 is 16.2 Å². The number of primary amides is 1. The number of nitrogens with zero attached hydrogens (tertiary/aromatic N) is 2. The van der Waals surface area contributed by atoms with Crippen molar-refractivity contribution in [1.82, 2.24) is 14.5 Å². The third-order valence-electron chi connectivity index (χ3n) is 1.81. The SMILES string of the molecule is Cc1c(S(=O)(=O)NC(N)=O)c(N)nn1C. The lowest BCUT2D eigenvalue weighted by atomic mass is 10.5. The molecular weight excluding hydrogens is 222 g/mol. The molecule has 0 atom stereocenters. The highest BCUT2D eigenvalue weighted by Gasteiger charge is 2.25. The Morgan fingerprint density at radius 1 is 1.53 bits per heavy atom. The van der Waals surface area contributed by atoms with Crippen molar-refractivity contribution in [3.05, 3.63) is 5.69 Å². The van der Waals surface area contributed by atoms with Crippen LogP contribution in [0, 0.1) is 6.92 Å². The molecule has 2 amide bonds. The van der Waals surface area contributed by atoms with Crippen molar-refractivity contribution in [2.45, 2.75) is 11.8 Å². The van der Waals surface area contributed by atoms with Crippen molar-refractivity contribution in [2.24, 2.45) is 12.8 Å². The molecule has 0 aliphatic carbocycles. The van der Waals surface area contributed by atoms with E-state index in [1.165, 1.54) is 18.7 Å². The van der Waals surface area contributed by atoms with Crippen LogP contribution in [0.4, 0.5) is 10.6 Å². The van der Waals surface area contributed by atoms with E-state index in [0.717, 1.165) is 0 Å². The van der Waals surface area contributed by atoms with Crippen molar-refractivity contribution in [2.75, 3.05) is 5.73 Å². The Morgan fingerprint density at radius 2 is 2.07 bits per heavy atom. The largest absolute Gasteiger partial charge is 0.381 e. The number of anilines is 1. The number of nitrogens with one attached hydrogen (secondary N) is 1. The monoisotopic (exact) mass is 233 g/mol. The van der Waals surface area contributed by atoms with Crippen LogP contribution in [0.5, 0.6) is 0 Å². The summed E-state index contributed by atoms with van der Waals surface area (Å²) in [6.45, 7) is 1.51. The number of aryl methyl sites for hydroxylation is 1. The third kappa shape index (κ3) is 2.01. The minimum atomic E-state index is -4.03. The van der Waals surface area contributed by atoms with Gasteiger partial charge in [0.25, 0.3) is 10.0 Å². The summed E-state index contributed by atoms with van der Waals surface area (Å²) < 4.78 is 26.0. The number of hydrogen-bond acceptors (Lipinski definition) is 5. The number of aromatic nitrogens is 2. The Morgan fingerprint density at radius 3 is 2.40 bits per heavy atom. The summed E-state index contributed by atoms with van der Waals surface area (Å²) in [5, 5.41) is 3.71. The second-order valence-corrected chi connectivity index (χ2v) is 4.51. The molecule has 0 fully saturated rings. The zero-order valence-electron chi connectivity index (χ0n) is 8.18. The molecule has 0 saturated carbocycles. The fourth-order valence-corrected chi connectivity index (χ4v) is 2.33. The summed E-state index contributed by atoms with van der Waals surface area (Å²) in [6.07, 6.45) is 0. The van der Waals surface area contributed by atoms with Crippen LogP contribution in [-0.4, -0.2) is 24.2 Å². The lowest BCUT2D eigenvalue weighted by Gasteiger charge is -2.03. The number of hydrogen-bond donors (Lipinski definition) is 3. The van der Waals surface area contributed by atoms with Gasteiger partial charge in [0.05, 0.1) is 5.69 Å². The molecule has 0 aliphatic rings. The van der Waals surface area contributed by atoms with Gasteiger partial charge in [0, 0.05) is 7.05 Å². The normalized spacial score (nSPS) is 11.3. The zero-order chi connectivity index (χ0) is 11.8. The first-order valence-corrected chi connectivity index (χ1v) is 5.35. The summed E-state index contributed by atoms with van der Waals surface area (Å²) in [7, 11) is -2.50. The summed E-state index contributed by atoms with van der Waals surface area (Å²) in [4.78, 5) is 10.2. The van der Waals surface area contributed by atoms with Gasteiger partial charge in [-0.1, -0.05) is 0 Å². The predicted octanol–water partition coefficient (Wildman–Crippen LogP) is -1.33. The number of carbonyl (C=O) groups is 1. The number of urea groups is 1. The van der Waals surface area contributed by atoms with E-state index in [1.807, 2.05) is 0 Å². The Labute approximate surface area is 86.3 Å².